The van der Waals surface area contributed by atoms with Gasteiger partial charge in [0, 0.05) is 16.3 Å². The fourth-order valence-electron chi connectivity index (χ4n) is 2.68. The lowest BCUT2D eigenvalue weighted by Gasteiger charge is -2.14. The lowest BCUT2D eigenvalue weighted by Crippen LogP contribution is -2.19. The predicted octanol–water partition coefficient (Wildman–Crippen LogP) is 6.56. The van der Waals surface area contributed by atoms with E-state index in [0.717, 1.165) is 16.5 Å². The van der Waals surface area contributed by atoms with Gasteiger partial charge in [-0.2, -0.15) is 13.2 Å². The van der Waals surface area contributed by atoms with Crippen molar-refractivity contribution >= 4 is 23.4 Å². The molecule has 0 aliphatic carbocycles. The van der Waals surface area contributed by atoms with Gasteiger partial charge in [-0.1, -0.05) is 48.0 Å². The molecule has 28 heavy (non-hydrogen) atoms. The summed E-state index contributed by atoms with van der Waals surface area (Å²) in [5.74, 6) is -0.193. The van der Waals surface area contributed by atoms with Gasteiger partial charge in [-0.05, 0) is 42.8 Å². The van der Waals surface area contributed by atoms with Crippen LogP contribution in [-0.4, -0.2) is 5.91 Å². The number of aryl methyl sites for hydroxylation is 1. The minimum absolute atomic E-state index is 0.393. The normalized spacial score (nSPS) is 11.3. The second-order valence-electron chi connectivity index (χ2n) is 6.26. The number of carbonyl (C=O) groups excluding carboxylic acids is 1. The van der Waals surface area contributed by atoms with Crippen molar-refractivity contribution in [3.63, 3.8) is 0 Å². The van der Waals surface area contributed by atoms with Gasteiger partial charge in [0.15, 0.2) is 0 Å². The summed E-state index contributed by atoms with van der Waals surface area (Å²) >= 11 is 1.60. The molecule has 0 unspecified atom stereocenters. The number of hydrogen-bond acceptors (Lipinski definition) is 2. The number of rotatable bonds is 5. The second kappa shape index (κ2) is 8.52. The largest absolute Gasteiger partial charge is 0.417 e. The zero-order chi connectivity index (χ0) is 20.1. The van der Waals surface area contributed by atoms with E-state index in [-0.39, 0.29) is 0 Å². The molecule has 0 aromatic heterocycles. The molecule has 0 radical (unpaired) electrons. The van der Waals surface area contributed by atoms with Gasteiger partial charge in [-0.15, -0.1) is 11.8 Å². The molecule has 0 aliphatic rings. The van der Waals surface area contributed by atoms with Gasteiger partial charge < -0.3 is 5.32 Å². The van der Waals surface area contributed by atoms with Crippen LogP contribution in [0.3, 0.4) is 0 Å². The van der Waals surface area contributed by atoms with E-state index in [1.165, 1.54) is 23.8 Å². The van der Waals surface area contributed by atoms with Crippen molar-refractivity contribution in [2.24, 2.45) is 0 Å². The van der Waals surface area contributed by atoms with Crippen molar-refractivity contribution in [2.75, 3.05) is 5.32 Å². The Morgan fingerprint density at radius 3 is 2.29 bits per heavy atom. The lowest BCUT2D eigenvalue weighted by molar-refractivity contribution is -0.137. The smallest absolute Gasteiger partial charge is 0.322 e. The zero-order valence-corrected chi connectivity index (χ0v) is 15.9. The minimum atomic E-state index is -4.59. The number of para-hydroxylation sites is 1. The maximum atomic E-state index is 13.2. The summed E-state index contributed by atoms with van der Waals surface area (Å²) in [5.41, 5.74) is 1.17. The Bertz CT molecular complexity index is 968. The van der Waals surface area contributed by atoms with E-state index < -0.39 is 23.2 Å². The molecule has 2 nitrogen and oxygen atoms in total. The van der Waals surface area contributed by atoms with Gasteiger partial charge in [0.25, 0.3) is 5.91 Å². The van der Waals surface area contributed by atoms with Crippen LogP contribution in [-0.2, 0) is 11.9 Å². The Morgan fingerprint density at radius 1 is 0.929 bits per heavy atom. The van der Waals surface area contributed by atoms with Gasteiger partial charge in [-0.3, -0.25) is 4.79 Å². The first kappa shape index (κ1) is 20.0. The molecule has 0 bridgehead atoms. The summed E-state index contributed by atoms with van der Waals surface area (Å²) in [4.78, 5) is 13.6. The summed E-state index contributed by atoms with van der Waals surface area (Å²) in [6.07, 6.45) is -4.59. The minimum Gasteiger partial charge on any atom is -0.322 e. The van der Waals surface area contributed by atoms with E-state index >= 15 is 0 Å². The van der Waals surface area contributed by atoms with Crippen molar-refractivity contribution in [3.05, 3.63) is 95.1 Å². The first-order chi connectivity index (χ1) is 13.3. The molecule has 0 atom stereocenters. The molecule has 1 N–H and O–H groups in total. The monoisotopic (exact) mass is 401 g/mol. The van der Waals surface area contributed by atoms with E-state index in [9.17, 15) is 18.0 Å². The molecule has 144 valence electrons. The van der Waals surface area contributed by atoms with Crippen molar-refractivity contribution in [3.8, 4) is 0 Å². The molecule has 0 saturated heterocycles. The highest BCUT2D eigenvalue weighted by Gasteiger charge is 2.34. The van der Waals surface area contributed by atoms with Gasteiger partial charge >= 0.3 is 6.18 Å². The maximum absolute atomic E-state index is 13.2. The van der Waals surface area contributed by atoms with Crippen LogP contribution < -0.4 is 5.32 Å². The summed E-state index contributed by atoms with van der Waals surface area (Å²) in [6.45, 7) is 2.01. The molecule has 0 heterocycles. The van der Waals surface area contributed by atoms with E-state index in [4.69, 9.17) is 0 Å². The summed E-state index contributed by atoms with van der Waals surface area (Å²) < 4.78 is 39.5. The Hall–Kier alpha value is -2.73. The highest BCUT2D eigenvalue weighted by Crippen LogP contribution is 2.33. The number of thioether (sulfide) groups is 1. The third-order valence-corrected chi connectivity index (χ3v) is 5.22. The number of halogens is 3. The van der Waals surface area contributed by atoms with Crippen LogP contribution in [0, 0.1) is 6.92 Å². The fourth-order valence-corrected chi connectivity index (χ4v) is 3.58. The molecule has 1 amide bonds. The average molecular weight is 401 g/mol. The molecular formula is C22H18F3NOS. The molecule has 0 aliphatic heterocycles. The summed E-state index contributed by atoms with van der Waals surface area (Å²) in [5, 5.41) is 2.63. The maximum Gasteiger partial charge on any atom is 0.417 e. The van der Waals surface area contributed by atoms with Crippen molar-refractivity contribution in [2.45, 2.75) is 23.7 Å². The molecule has 0 spiro atoms. The van der Waals surface area contributed by atoms with Crippen LogP contribution in [0.5, 0.6) is 0 Å². The molecule has 0 saturated carbocycles. The van der Waals surface area contributed by atoms with Crippen LogP contribution in [0.25, 0.3) is 0 Å². The lowest BCUT2D eigenvalue weighted by atomic mass is 10.1. The average Bonchev–Trinajstić information content (AvgIpc) is 2.68. The third-order valence-electron chi connectivity index (χ3n) is 4.16. The first-order valence-electron chi connectivity index (χ1n) is 8.59. The number of nitrogens with one attached hydrogen (secondary N) is 1. The second-order valence-corrected chi connectivity index (χ2v) is 7.31. The third kappa shape index (κ3) is 4.95. The van der Waals surface area contributed by atoms with Crippen molar-refractivity contribution < 1.29 is 18.0 Å². The Kier molecular flexibility index (Phi) is 6.09. The molecule has 3 rings (SSSR count). The molecular weight excluding hydrogens is 383 g/mol. The zero-order valence-electron chi connectivity index (χ0n) is 15.1. The Morgan fingerprint density at radius 2 is 1.57 bits per heavy atom. The highest BCUT2D eigenvalue weighted by molar-refractivity contribution is 7.98. The van der Waals surface area contributed by atoms with Crippen LogP contribution >= 0.6 is 11.8 Å². The number of alkyl halides is 3. The fraction of sp³-hybridized carbons (Fsp3) is 0.136. The standard InChI is InChI=1S/C22H18F3NOS/c1-15-10-12-17(13-11-15)28-14-16-6-2-5-9-20(16)26-21(27)18-7-3-4-8-19(18)22(23,24)25/h2-13H,14H2,1H3,(H,26,27). The molecule has 0 fully saturated rings. The Labute approximate surface area is 165 Å². The quantitative estimate of drug-likeness (QED) is 0.491. The number of anilines is 1. The van der Waals surface area contributed by atoms with Crippen molar-refractivity contribution in [1.82, 2.24) is 0 Å². The number of amides is 1. The number of hydrogen-bond donors (Lipinski definition) is 1. The van der Waals surface area contributed by atoms with Crippen LogP contribution in [0.1, 0.15) is 27.0 Å². The van der Waals surface area contributed by atoms with E-state index in [0.29, 0.717) is 11.4 Å². The van der Waals surface area contributed by atoms with Crippen LogP contribution in [0.2, 0.25) is 0 Å². The predicted molar refractivity (Wildman–Crippen MR) is 107 cm³/mol. The van der Waals surface area contributed by atoms with Gasteiger partial charge in [0.2, 0.25) is 0 Å². The SMILES string of the molecule is Cc1ccc(SCc2ccccc2NC(=O)c2ccccc2C(F)(F)F)cc1. The van der Waals surface area contributed by atoms with Gasteiger partial charge in [0.1, 0.15) is 0 Å². The van der Waals surface area contributed by atoms with Gasteiger partial charge in [-0.25, -0.2) is 0 Å². The van der Waals surface area contributed by atoms with Crippen LogP contribution in [0.15, 0.2) is 77.7 Å². The summed E-state index contributed by atoms with van der Waals surface area (Å²) in [6, 6.07) is 20.0. The van der Waals surface area contributed by atoms with E-state index in [1.54, 1.807) is 23.9 Å². The molecule has 3 aromatic rings. The summed E-state index contributed by atoms with van der Waals surface area (Å²) in [7, 11) is 0. The first-order valence-corrected chi connectivity index (χ1v) is 9.58. The van der Waals surface area contributed by atoms with Crippen LogP contribution in [0.4, 0.5) is 18.9 Å². The molecule has 3 aromatic carbocycles. The van der Waals surface area contributed by atoms with Gasteiger partial charge in [0.05, 0.1) is 11.1 Å². The highest BCUT2D eigenvalue weighted by atomic mass is 32.2. The topological polar surface area (TPSA) is 29.1 Å². The molecule has 6 heteroatoms. The number of carbonyl (C=O) groups is 1. The van der Waals surface area contributed by atoms with E-state index in [1.807, 2.05) is 43.3 Å². The Balaban J connectivity index is 1.78. The van der Waals surface area contributed by atoms with Crippen molar-refractivity contribution in [1.29, 1.82) is 0 Å². The number of benzene rings is 3. The van der Waals surface area contributed by atoms with E-state index in [2.05, 4.69) is 5.32 Å².